The molecule has 3 rings (SSSR count). The van der Waals surface area contributed by atoms with Crippen LogP contribution < -0.4 is 0 Å². The van der Waals surface area contributed by atoms with Gasteiger partial charge in [0.15, 0.2) is 0 Å². The molecule has 0 N–H and O–H groups in total. The molecule has 0 radical (unpaired) electrons. The topological polar surface area (TPSA) is 54.5 Å². The highest BCUT2D eigenvalue weighted by Crippen LogP contribution is 2.45. The first kappa shape index (κ1) is 15.7. The Balaban J connectivity index is 2.03. The number of hydrogen-bond donors (Lipinski definition) is 0. The van der Waals surface area contributed by atoms with Gasteiger partial charge in [0.2, 0.25) is 5.91 Å². The highest BCUT2D eigenvalue weighted by atomic mass is 32.2. The molecule has 1 amide bonds. The lowest BCUT2D eigenvalue weighted by atomic mass is 9.83. The van der Waals surface area contributed by atoms with E-state index in [4.69, 9.17) is 0 Å². The first-order valence-electron chi connectivity index (χ1n) is 7.66. The summed E-state index contributed by atoms with van der Waals surface area (Å²) in [6.07, 6.45) is 0.623. The minimum absolute atomic E-state index is 0.159. The summed E-state index contributed by atoms with van der Waals surface area (Å²) in [5.74, 6) is -0.598. The lowest BCUT2D eigenvalue weighted by Crippen LogP contribution is -2.57. The molecule has 2 aromatic carbocycles. The molecule has 0 spiro atoms. The maximum Gasteiger partial charge on any atom is 0.267 e. The van der Waals surface area contributed by atoms with Crippen LogP contribution in [0.1, 0.15) is 30.5 Å². The predicted octanol–water partition coefficient (Wildman–Crippen LogP) is 3.29. The molecule has 1 aliphatic heterocycles. The summed E-state index contributed by atoms with van der Waals surface area (Å²) >= 11 is 0. The van der Waals surface area contributed by atoms with Crippen LogP contribution in [0.2, 0.25) is 0 Å². The molecule has 2 atom stereocenters. The molecule has 1 heterocycles. The third kappa shape index (κ3) is 2.55. The minimum Gasteiger partial charge on any atom is -0.273 e. The number of amides is 1. The van der Waals surface area contributed by atoms with Gasteiger partial charge < -0.3 is 0 Å². The molecule has 1 aliphatic rings. The fraction of sp³-hybridized carbons (Fsp3) is 0.278. The molecule has 0 bridgehead atoms. The molecule has 2 aromatic rings. The Morgan fingerprint density at radius 1 is 1.00 bits per heavy atom. The van der Waals surface area contributed by atoms with E-state index < -0.39 is 16.1 Å². The summed E-state index contributed by atoms with van der Waals surface area (Å²) in [5, 5.41) is 0. The van der Waals surface area contributed by atoms with Gasteiger partial charge in [-0.2, -0.15) is 0 Å². The summed E-state index contributed by atoms with van der Waals surface area (Å²) < 4.78 is 26.8. The van der Waals surface area contributed by atoms with Crippen LogP contribution >= 0.6 is 0 Å². The smallest absolute Gasteiger partial charge is 0.267 e. The molecular weight excluding hydrogens is 310 g/mol. The molecule has 23 heavy (non-hydrogen) atoms. The number of rotatable bonds is 4. The highest BCUT2D eigenvalue weighted by Gasteiger charge is 2.53. The van der Waals surface area contributed by atoms with E-state index in [1.165, 1.54) is 0 Å². The van der Waals surface area contributed by atoms with Crippen molar-refractivity contribution in [2.75, 3.05) is 0 Å². The molecule has 1 saturated heterocycles. The maximum absolute atomic E-state index is 12.9. The number of β-lactam (4-membered cyclic amide) rings is 1. The number of aryl methyl sites for hydroxylation is 1. The second-order valence-corrected chi connectivity index (χ2v) is 7.64. The molecule has 4 nitrogen and oxygen atoms in total. The summed E-state index contributed by atoms with van der Waals surface area (Å²) in [5.41, 5.74) is 1.83. The zero-order valence-electron chi connectivity index (χ0n) is 13.1. The Labute approximate surface area is 136 Å². The van der Waals surface area contributed by atoms with E-state index in [1.54, 1.807) is 24.3 Å². The molecule has 1 fully saturated rings. The predicted molar refractivity (Wildman–Crippen MR) is 88.2 cm³/mol. The van der Waals surface area contributed by atoms with Gasteiger partial charge in [-0.1, -0.05) is 55.0 Å². The average Bonchev–Trinajstić information content (AvgIpc) is 2.54. The number of nitrogens with zero attached hydrogens (tertiary/aromatic N) is 1. The molecule has 5 heteroatoms. The van der Waals surface area contributed by atoms with Crippen molar-refractivity contribution in [3.63, 3.8) is 0 Å². The van der Waals surface area contributed by atoms with E-state index in [-0.39, 0.29) is 16.7 Å². The van der Waals surface area contributed by atoms with E-state index in [1.807, 2.05) is 44.2 Å². The maximum atomic E-state index is 12.9. The number of benzene rings is 2. The summed E-state index contributed by atoms with van der Waals surface area (Å²) in [4.78, 5) is 12.6. The quantitative estimate of drug-likeness (QED) is 0.809. The molecule has 0 aromatic heterocycles. The number of hydrogen-bond acceptors (Lipinski definition) is 3. The van der Waals surface area contributed by atoms with Gasteiger partial charge in [-0.15, -0.1) is 0 Å². The van der Waals surface area contributed by atoms with Crippen molar-refractivity contribution in [1.29, 1.82) is 0 Å². The SMILES string of the molecule is CC[C@H]1C(=O)N(S(=O)(=O)c2ccc(C)cc2)[C@@H]1c1ccccc1. The first-order valence-corrected chi connectivity index (χ1v) is 9.10. The van der Waals surface area contributed by atoms with Gasteiger partial charge in [-0.3, -0.25) is 4.79 Å². The van der Waals surface area contributed by atoms with Crippen LogP contribution in [0.4, 0.5) is 0 Å². The van der Waals surface area contributed by atoms with Crippen molar-refractivity contribution in [1.82, 2.24) is 4.31 Å². The van der Waals surface area contributed by atoms with Crippen molar-refractivity contribution in [3.8, 4) is 0 Å². The third-order valence-electron chi connectivity index (χ3n) is 4.33. The van der Waals surface area contributed by atoms with E-state index in [9.17, 15) is 13.2 Å². The molecular formula is C18H19NO3S. The summed E-state index contributed by atoms with van der Waals surface area (Å²) in [6.45, 7) is 3.80. The van der Waals surface area contributed by atoms with E-state index in [2.05, 4.69) is 0 Å². The minimum atomic E-state index is -3.82. The average molecular weight is 329 g/mol. The third-order valence-corrected chi connectivity index (χ3v) is 6.12. The Kier molecular flexibility index (Phi) is 3.98. The number of carbonyl (C=O) groups excluding carboxylic acids is 1. The lowest BCUT2D eigenvalue weighted by Gasteiger charge is -2.45. The second kappa shape index (κ2) is 5.81. The van der Waals surface area contributed by atoms with E-state index >= 15 is 0 Å². The van der Waals surface area contributed by atoms with Crippen LogP contribution in [0.5, 0.6) is 0 Å². The summed E-state index contributed by atoms with van der Waals surface area (Å²) in [7, 11) is -3.82. The monoisotopic (exact) mass is 329 g/mol. The van der Waals surface area contributed by atoms with Crippen molar-refractivity contribution >= 4 is 15.9 Å². The van der Waals surface area contributed by atoms with Gasteiger partial charge >= 0.3 is 0 Å². The number of sulfonamides is 1. The van der Waals surface area contributed by atoms with Crippen molar-refractivity contribution in [2.24, 2.45) is 5.92 Å². The zero-order valence-corrected chi connectivity index (χ0v) is 14.0. The lowest BCUT2D eigenvalue weighted by molar-refractivity contribution is -0.146. The van der Waals surface area contributed by atoms with Crippen LogP contribution in [0.15, 0.2) is 59.5 Å². The van der Waals surface area contributed by atoms with Gasteiger partial charge in [0.05, 0.1) is 16.9 Å². The Bertz CT molecular complexity index is 813. The van der Waals surface area contributed by atoms with Gasteiger partial charge in [-0.05, 0) is 31.0 Å². The Morgan fingerprint density at radius 3 is 2.17 bits per heavy atom. The van der Waals surface area contributed by atoms with Gasteiger partial charge in [0.1, 0.15) is 0 Å². The Morgan fingerprint density at radius 2 is 1.61 bits per heavy atom. The van der Waals surface area contributed by atoms with Crippen LogP contribution in [0.25, 0.3) is 0 Å². The van der Waals surface area contributed by atoms with Crippen LogP contribution in [-0.2, 0) is 14.8 Å². The van der Waals surface area contributed by atoms with E-state index in [0.29, 0.717) is 6.42 Å². The second-order valence-electron chi connectivity index (χ2n) is 5.82. The molecule has 120 valence electrons. The zero-order chi connectivity index (χ0) is 16.6. The Hall–Kier alpha value is -2.14. The van der Waals surface area contributed by atoms with Gasteiger partial charge in [-0.25, -0.2) is 12.7 Å². The highest BCUT2D eigenvalue weighted by molar-refractivity contribution is 7.89. The normalized spacial score (nSPS) is 21.1. The first-order chi connectivity index (χ1) is 11.0. The standard InChI is InChI=1S/C18H19NO3S/c1-3-16-17(14-7-5-4-6-8-14)19(18(16)20)23(21,22)15-11-9-13(2)10-12-15/h4-12,16-17H,3H2,1-2H3/t16-,17-/m1/s1. The molecule has 0 aliphatic carbocycles. The summed E-state index contributed by atoms with van der Waals surface area (Å²) in [6, 6.07) is 15.5. The fourth-order valence-electron chi connectivity index (χ4n) is 3.02. The molecule has 0 unspecified atom stereocenters. The van der Waals surface area contributed by atoms with Crippen LogP contribution in [0, 0.1) is 12.8 Å². The van der Waals surface area contributed by atoms with Crippen LogP contribution in [-0.4, -0.2) is 18.6 Å². The van der Waals surface area contributed by atoms with Crippen molar-refractivity contribution < 1.29 is 13.2 Å². The van der Waals surface area contributed by atoms with Crippen LogP contribution in [0.3, 0.4) is 0 Å². The van der Waals surface area contributed by atoms with Crippen molar-refractivity contribution in [3.05, 3.63) is 65.7 Å². The molecule has 0 saturated carbocycles. The number of carbonyl (C=O) groups is 1. The van der Waals surface area contributed by atoms with E-state index in [0.717, 1.165) is 15.4 Å². The van der Waals surface area contributed by atoms with Gasteiger partial charge in [0, 0.05) is 0 Å². The fourth-order valence-corrected chi connectivity index (χ4v) is 4.67. The van der Waals surface area contributed by atoms with Gasteiger partial charge in [0.25, 0.3) is 10.0 Å². The largest absolute Gasteiger partial charge is 0.273 e. The van der Waals surface area contributed by atoms with Crippen molar-refractivity contribution in [2.45, 2.75) is 31.2 Å².